The summed E-state index contributed by atoms with van der Waals surface area (Å²) in [6.07, 6.45) is 0. The van der Waals surface area contributed by atoms with Gasteiger partial charge in [0.1, 0.15) is 10.8 Å². The molecule has 1 rings (SSSR count). The Hall–Kier alpha value is -1.36. The first-order valence-corrected chi connectivity index (χ1v) is 4.67. The van der Waals surface area contributed by atoms with Gasteiger partial charge < -0.3 is 4.74 Å². The van der Waals surface area contributed by atoms with Crippen molar-refractivity contribution < 1.29 is 9.66 Å². The van der Waals surface area contributed by atoms with E-state index in [0.717, 1.165) is 0 Å². The molecule has 0 N–H and O–H groups in total. The van der Waals surface area contributed by atoms with Crippen molar-refractivity contribution in [1.29, 1.82) is 0 Å². The average molecular weight is 231 g/mol. The molecule has 0 fully saturated rings. The monoisotopic (exact) mass is 230 g/mol. The molecule has 1 aromatic rings. The van der Waals surface area contributed by atoms with Gasteiger partial charge in [0.05, 0.1) is 4.92 Å². The molecule has 0 saturated carbocycles. The smallest absolute Gasteiger partial charge is 0.331 e. The fourth-order valence-electron chi connectivity index (χ4n) is 0.915. The molecule has 82 valence electrons. The maximum atomic E-state index is 10.7. The quantitative estimate of drug-likeness (QED) is 0.445. The summed E-state index contributed by atoms with van der Waals surface area (Å²) in [6, 6.07) is 2.63. The number of hydrogen-bond acceptors (Lipinski definition) is 4. The van der Waals surface area contributed by atoms with E-state index >= 15 is 0 Å². The summed E-state index contributed by atoms with van der Waals surface area (Å²) in [5.41, 5.74) is -0.739. The summed E-state index contributed by atoms with van der Waals surface area (Å²) in [4.78, 5) is 13.9. The van der Waals surface area contributed by atoms with Gasteiger partial charge in [-0.25, -0.2) is 0 Å². The SMILES string of the molecule is CC(C)(C)Oc1nc(Cl)ccc1[N+](=O)[O-]. The summed E-state index contributed by atoms with van der Waals surface area (Å²) in [6.45, 7) is 5.33. The standard InChI is InChI=1S/C9H11ClN2O3/c1-9(2,3)15-8-6(12(13)14)4-5-7(10)11-8/h4-5H,1-3H3. The third-order valence-corrected chi connectivity index (χ3v) is 1.62. The Labute approximate surface area is 92.2 Å². The molecule has 15 heavy (non-hydrogen) atoms. The fourth-order valence-corrected chi connectivity index (χ4v) is 1.05. The van der Waals surface area contributed by atoms with E-state index in [1.54, 1.807) is 20.8 Å². The van der Waals surface area contributed by atoms with Gasteiger partial charge in [0.2, 0.25) is 0 Å². The van der Waals surface area contributed by atoms with Crippen LogP contribution in [-0.2, 0) is 0 Å². The Morgan fingerprint density at radius 1 is 1.47 bits per heavy atom. The topological polar surface area (TPSA) is 65.3 Å². The molecule has 0 aliphatic carbocycles. The van der Waals surface area contributed by atoms with Crippen LogP contribution in [0, 0.1) is 10.1 Å². The highest BCUT2D eigenvalue weighted by Gasteiger charge is 2.22. The fraction of sp³-hybridized carbons (Fsp3) is 0.444. The first-order valence-electron chi connectivity index (χ1n) is 4.29. The number of ether oxygens (including phenoxy) is 1. The number of hydrogen-bond donors (Lipinski definition) is 0. The van der Waals surface area contributed by atoms with Gasteiger partial charge in [0.15, 0.2) is 0 Å². The van der Waals surface area contributed by atoms with Crippen LogP contribution in [0.5, 0.6) is 5.88 Å². The minimum atomic E-state index is -0.553. The molecule has 0 saturated heterocycles. The van der Waals surface area contributed by atoms with Crippen LogP contribution in [0.4, 0.5) is 5.69 Å². The lowest BCUT2D eigenvalue weighted by atomic mass is 10.2. The predicted molar refractivity (Wildman–Crippen MR) is 56.3 cm³/mol. The van der Waals surface area contributed by atoms with Crippen LogP contribution in [0.2, 0.25) is 5.15 Å². The maximum absolute atomic E-state index is 10.7. The van der Waals surface area contributed by atoms with E-state index in [1.807, 2.05) is 0 Å². The lowest BCUT2D eigenvalue weighted by Crippen LogP contribution is -2.24. The van der Waals surface area contributed by atoms with Gasteiger partial charge in [-0.3, -0.25) is 10.1 Å². The first kappa shape index (κ1) is 11.7. The molecule has 0 atom stereocenters. The highest BCUT2D eigenvalue weighted by atomic mass is 35.5. The number of halogens is 1. The number of aromatic nitrogens is 1. The largest absolute Gasteiger partial charge is 0.467 e. The summed E-state index contributed by atoms with van der Waals surface area (Å²) in [7, 11) is 0. The van der Waals surface area contributed by atoms with E-state index in [2.05, 4.69) is 4.98 Å². The van der Waals surface area contributed by atoms with Gasteiger partial charge in [-0.05, 0) is 26.8 Å². The van der Waals surface area contributed by atoms with E-state index in [4.69, 9.17) is 16.3 Å². The Balaban J connectivity index is 3.13. The van der Waals surface area contributed by atoms with Crippen molar-refractivity contribution >= 4 is 17.3 Å². The van der Waals surface area contributed by atoms with E-state index in [1.165, 1.54) is 12.1 Å². The lowest BCUT2D eigenvalue weighted by Gasteiger charge is -2.19. The second kappa shape index (κ2) is 4.02. The van der Waals surface area contributed by atoms with Gasteiger partial charge in [-0.15, -0.1) is 0 Å². The van der Waals surface area contributed by atoms with E-state index < -0.39 is 10.5 Å². The second-order valence-electron chi connectivity index (χ2n) is 3.93. The Morgan fingerprint density at radius 2 is 2.07 bits per heavy atom. The molecule has 0 spiro atoms. The molecule has 5 nitrogen and oxygen atoms in total. The predicted octanol–water partition coefficient (Wildman–Crippen LogP) is 2.82. The van der Waals surface area contributed by atoms with Crippen molar-refractivity contribution in [2.45, 2.75) is 26.4 Å². The van der Waals surface area contributed by atoms with Gasteiger partial charge in [-0.1, -0.05) is 11.6 Å². The van der Waals surface area contributed by atoms with Crippen LogP contribution in [0.1, 0.15) is 20.8 Å². The van der Waals surface area contributed by atoms with Gasteiger partial charge in [-0.2, -0.15) is 4.98 Å². The van der Waals surface area contributed by atoms with Crippen LogP contribution in [0.3, 0.4) is 0 Å². The molecule has 6 heteroatoms. The van der Waals surface area contributed by atoms with Crippen molar-refractivity contribution in [3.63, 3.8) is 0 Å². The number of pyridine rings is 1. The molecule has 0 radical (unpaired) electrons. The molecular weight excluding hydrogens is 220 g/mol. The van der Waals surface area contributed by atoms with Gasteiger partial charge in [0.25, 0.3) is 5.88 Å². The molecule has 0 amide bonds. The number of rotatable bonds is 2. The summed E-state index contributed by atoms with van der Waals surface area (Å²) in [5, 5.41) is 10.8. The highest BCUT2D eigenvalue weighted by molar-refractivity contribution is 6.29. The molecule has 0 bridgehead atoms. The maximum Gasteiger partial charge on any atom is 0.331 e. The molecule has 0 aliphatic rings. The summed E-state index contributed by atoms with van der Waals surface area (Å²) >= 11 is 5.64. The first-order chi connectivity index (χ1) is 6.79. The van der Waals surface area contributed by atoms with E-state index in [9.17, 15) is 10.1 Å². The molecule has 0 unspecified atom stereocenters. The minimum Gasteiger partial charge on any atom is -0.467 e. The zero-order chi connectivity index (χ0) is 11.6. The van der Waals surface area contributed by atoms with Crippen LogP contribution >= 0.6 is 11.6 Å². The lowest BCUT2D eigenvalue weighted by molar-refractivity contribution is -0.386. The third kappa shape index (κ3) is 3.36. The van der Waals surface area contributed by atoms with Crippen LogP contribution in [0.15, 0.2) is 12.1 Å². The normalized spacial score (nSPS) is 11.2. The Kier molecular flexibility index (Phi) is 3.14. The molecule has 1 heterocycles. The summed E-state index contributed by atoms with van der Waals surface area (Å²) in [5.74, 6) is -0.0556. The van der Waals surface area contributed by atoms with Gasteiger partial charge in [0, 0.05) is 6.07 Å². The second-order valence-corrected chi connectivity index (χ2v) is 4.32. The highest BCUT2D eigenvalue weighted by Crippen LogP contribution is 2.28. The Morgan fingerprint density at radius 3 is 2.53 bits per heavy atom. The molecule has 0 aliphatic heterocycles. The van der Waals surface area contributed by atoms with Crippen LogP contribution in [-0.4, -0.2) is 15.5 Å². The molecule has 1 aromatic heterocycles. The zero-order valence-corrected chi connectivity index (χ0v) is 9.41. The summed E-state index contributed by atoms with van der Waals surface area (Å²) < 4.78 is 5.34. The molecular formula is C9H11ClN2O3. The van der Waals surface area contributed by atoms with E-state index in [-0.39, 0.29) is 16.7 Å². The van der Waals surface area contributed by atoms with Crippen molar-refractivity contribution in [2.24, 2.45) is 0 Å². The van der Waals surface area contributed by atoms with Crippen molar-refractivity contribution in [1.82, 2.24) is 4.98 Å². The zero-order valence-electron chi connectivity index (χ0n) is 8.65. The number of nitro groups is 1. The van der Waals surface area contributed by atoms with Crippen molar-refractivity contribution in [3.05, 3.63) is 27.4 Å². The molecule has 0 aromatic carbocycles. The van der Waals surface area contributed by atoms with Crippen molar-refractivity contribution in [3.8, 4) is 5.88 Å². The third-order valence-electron chi connectivity index (χ3n) is 1.41. The van der Waals surface area contributed by atoms with Crippen LogP contribution in [0.25, 0.3) is 0 Å². The number of nitrogens with zero attached hydrogens (tertiary/aromatic N) is 2. The Bertz CT molecular complexity index is 387. The average Bonchev–Trinajstić information content (AvgIpc) is 1.99. The minimum absolute atomic E-state index is 0.0556. The van der Waals surface area contributed by atoms with Gasteiger partial charge >= 0.3 is 5.69 Å². The van der Waals surface area contributed by atoms with Crippen LogP contribution < -0.4 is 4.74 Å². The van der Waals surface area contributed by atoms with Crippen molar-refractivity contribution in [2.75, 3.05) is 0 Å². The van der Waals surface area contributed by atoms with E-state index in [0.29, 0.717) is 0 Å².